The number of hydrogen-bond acceptors (Lipinski definition) is 10. The van der Waals surface area contributed by atoms with Crippen molar-refractivity contribution in [2.45, 2.75) is 20.4 Å². The Labute approximate surface area is 193 Å². The van der Waals surface area contributed by atoms with Crippen molar-refractivity contribution in [2.75, 3.05) is 35.4 Å². The molecule has 33 heavy (non-hydrogen) atoms. The van der Waals surface area contributed by atoms with Crippen LogP contribution in [0.5, 0.6) is 0 Å². The number of anilines is 5. The molecule has 0 bridgehead atoms. The number of hydrogen-bond donors (Lipinski definition) is 4. The number of aromatic nitrogens is 6. The average Bonchev–Trinajstić information content (AvgIpc) is 2.83. The van der Waals surface area contributed by atoms with Crippen LogP contribution in [0.15, 0.2) is 60.7 Å². The molecule has 4 N–H and O–H groups in total. The minimum absolute atomic E-state index is 0.544. The van der Waals surface area contributed by atoms with Crippen LogP contribution in [0.25, 0.3) is 0 Å². The summed E-state index contributed by atoms with van der Waals surface area (Å²) in [4.78, 5) is 25.1. The zero-order valence-electron chi connectivity index (χ0n) is 19.2. The lowest BCUT2D eigenvalue weighted by Crippen LogP contribution is -2.08. The van der Waals surface area contributed by atoms with Crippen molar-refractivity contribution in [2.24, 2.45) is 0 Å². The fraction of sp³-hybridized carbons (Fsp3) is 0.217. The van der Waals surface area contributed by atoms with Crippen LogP contribution in [-0.4, -0.2) is 44.0 Å². The molecule has 0 radical (unpaired) electrons. The van der Waals surface area contributed by atoms with Crippen molar-refractivity contribution in [3.63, 3.8) is 0 Å². The largest absolute Gasteiger partial charge is 0.357 e. The van der Waals surface area contributed by atoms with Gasteiger partial charge in [-0.25, -0.2) is 0 Å². The van der Waals surface area contributed by atoms with Gasteiger partial charge < -0.3 is 21.3 Å². The van der Waals surface area contributed by atoms with Crippen molar-refractivity contribution < 1.29 is 0 Å². The number of nitrogens with zero attached hydrogens (tertiary/aromatic N) is 6. The quantitative estimate of drug-likeness (QED) is 0.334. The first-order valence-corrected chi connectivity index (χ1v) is 10.5. The van der Waals surface area contributed by atoms with Crippen molar-refractivity contribution in [3.8, 4) is 0 Å². The Hall–Kier alpha value is -4.34. The highest BCUT2D eigenvalue weighted by Crippen LogP contribution is 2.13. The highest BCUT2D eigenvalue weighted by molar-refractivity contribution is 5.53. The minimum atomic E-state index is 0.544. The highest BCUT2D eigenvalue weighted by atomic mass is 15.2. The van der Waals surface area contributed by atoms with Crippen LogP contribution < -0.4 is 21.3 Å². The van der Waals surface area contributed by atoms with Crippen molar-refractivity contribution in [1.82, 2.24) is 29.9 Å². The summed E-state index contributed by atoms with van der Waals surface area (Å²) >= 11 is 0. The molecule has 0 aliphatic rings. The van der Waals surface area contributed by atoms with Gasteiger partial charge in [0.1, 0.15) is 11.6 Å². The van der Waals surface area contributed by atoms with E-state index in [1.807, 2.05) is 62.4 Å². The van der Waals surface area contributed by atoms with Gasteiger partial charge in [0.25, 0.3) is 0 Å². The first-order valence-electron chi connectivity index (χ1n) is 10.5. The monoisotopic (exact) mass is 444 g/mol. The molecule has 10 nitrogen and oxygen atoms in total. The first-order chi connectivity index (χ1) is 16.1. The Kier molecular flexibility index (Phi) is 8.41. The van der Waals surface area contributed by atoms with Gasteiger partial charge in [0.05, 0.1) is 0 Å². The van der Waals surface area contributed by atoms with Crippen molar-refractivity contribution in [3.05, 3.63) is 77.9 Å². The summed E-state index contributed by atoms with van der Waals surface area (Å²) < 4.78 is 0. The predicted octanol–water partition coefficient (Wildman–Crippen LogP) is 3.80. The highest BCUT2D eigenvalue weighted by Gasteiger charge is 2.03. The van der Waals surface area contributed by atoms with E-state index in [1.54, 1.807) is 14.1 Å². The summed E-state index contributed by atoms with van der Waals surface area (Å²) in [7, 11) is 3.57. The van der Waals surface area contributed by atoms with E-state index >= 15 is 0 Å². The van der Waals surface area contributed by atoms with Gasteiger partial charge in [-0.15, -0.1) is 0 Å². The van der Waals surface area contributed by atoms with Gasteiger partial charge >= 0.3 is 0 Å². The van der Waals surface area contributed by atoms with E-state index in [0.29, 0.717) is 42.0 Å². The van der Waals surface area contributed by atoms with Gasteiger partial charge in [-0.05, 0) is 31.5 Å². The zero-order chi connectivity index (χ0) is 23.5. The van der Waals surface area contributed by atoms with Crippen LogP contribution in [-0.2, 0) is 6.54 Å². The Balaban J connectivity index is 0.000000186. The maximum atomic E-state index is 4.22. The van der Waals surface area contributed by atoms with Gasteiger partial charge in [0, 0.05) is 26.3 Å². The molecule has 0 aliphatic heterocycles. The predicted molar refractivity (Wildman–Crippen MR) is 132 cm³/mol. The lowest BCUT2D eigenvalue weighted by molar-refractivity contribution is 0.955. The molecule has 4 rings (SSSR count). The van der Waals surface area contributed by atoms with Gasteiger partial charge in [-0.2, -0.15) is 29.9 Å². The average molecular weight is 445 g/mol. The van der Waals surface area contributed by atoms with Gasteiger partial charge in [0.2, 0.25) is 23.8 Å². The summed E-state index contributed by atoms with van der Waals surface area (Å²) in [5, 5.41) is 12.1. The molecular weight excluding hydrogens is 416 g/mol. The van der Waals surface area contributed by atoms with Crippen LogP contribution in [0.2, 0.25) is 0 Å². The Morgan fingerprint density at radius 1 is 0.576 bits per heavy atom. The molecule has 0 amide bonds. The van der Waals surface area contributed by atoms with E-state index in [-0.39, 0.29) is 0 Å². The second kappa shape index (κ2) is 11.9. The first kappa shape index (κ1) is 23.3. The Bertz CT molecular complexity index is 1140. The summed E-state index contributed by atoms with van der Waals surface area (Å²) in [5.41, 5.74) is 2.15. The molecule has 2 aromatic heterocycles. The second-order valence-electron chi connectivity index (χ2n) is 6.89. The zero-order valence-corrected chi connectivity index (χ0v) is 19.2. The maximum Gasteiger partial charge on any atom is 0.232 e. The van der Waals surface area contributed by atoms with E-state index in [0.717, 1.165) is 5.69 Å². The molecule has 0 atom stereocenters. The molecule has 0 unspecified atom stereocenters. The van der Waals surface area contributed by atoms with Crippen LogP contribution in [0.3, 0.4) is 0 Å². The molecule has 0 saturated heterocycles. The van der Waals surface area contributed by atoms with Crippen LogP contribution in [0.1, 0.15) is 17.2 Å². The lowest BCUT2D eigenvalue weighted by Gasteiger charge is -2.06. The summed E-state index contributed by atoms with van der Waals surface area (Å²) in [6.07, 6.45) is 0. The van der Waals surface area contributed by atoms with Crippen LogP contribution in [0, 0.1) is 13.8 Å². The van der Waals surface area contributed by atoms with E-state index in [1.165, 1.54) is 5.56 Å². The van der Waals surface area contributed by atoms with Gasteiger partial charge in [-0.1, -0.05) is 48.5 Å². The molecule has 170 valence electrons. The van der Waals surface area contributed by atoms with Crippen LogP contribution in [0.4, 0.5) is 29.5 Å². The third-order valence-electron chi connectivity index (χ3n) is 4.27. The molecule has 2 heterocycles. The molecule has 0 spiro atoms. The molecular formula is C23H28N10. The van der Waals surface area contributed by atoms with E-state index in [4.69, 9.17) is 0 Å². The SMILES string of the molecule is CNc1nc(C)nc(NCc2ccccc2)n1.CNc1nc(C)nc(Nc2ccccc2)n1. The summed E-state index contributed by atoms with van der Waals surface area (Å²) in [5.74, 6) is 3.64. The normalized spacial score (nSPS) is 9.94. The number of aryl methyl sites for hydroxylation is 2. The molecule has 4 aromatic rings. The van der Waals surface area contributed by atoms with E-state index in [2.05, 4.69) is 63.3 Å². The number of para-hydroxylation sites is 1. The molecule has 0 saturated carbocycles. The Morgan fingerprint density at radius 3 is 1.64 bits per heavy atom. The summed E-state index contributed by atoms with van der Waals surface area (Å²) in [6, 6.07) is 19.9. The molecule has 2 aromatic carbocycles. The number of rotatable bonds is 7. The molecule has 10 heteroatoms. The Morgan fingerprint density at radius 2 is 1.06 bits per heavy atom. The minimum Gasteiger partial charge on any atom is -0.357 e. The van der Waals surface area contributed by atoms with Crippen molar-refractivity contribution in [1.29, 1.82) is 0 Å². The molecule has 0 aliphatic carbocycles. The fourth-order valence-electron chi connectivity index (χ4n) is 2.75. The third kappa shape index (κ3) is 7.69. The second-order valence-corrected chi connectivity index (χ2v) is 6.89. The van der Waals surface area contributed by atoms with E-state index in [9.17, 15) is 0 Å². The van der Waals surface area contributed by atoms with Crippen LogP contribution >= 0.6 is 0 Å². The lowest BCUT2D eigenvalue weighted by atomic mass is 10.2. The van der Waals surface area contributed by atoms with Gasteiger partial charge in [0.15, 0.2) is 0 Å². The third-order valence-corrected chi connectivity index (χ3v) is 4.27. The van der Waals surface area contributed by atoms with Gasteiger partial charge in [-0.3, -0.25) is 0 Å². The summed E-state index contributed by atoms with van der Waals surface area (Å²) in [6.45, 7) is 4.38. The maximum absolute atomic E-state index is 4.22. The standard InChI is InChI=1S/C12H15N5.C11H13N5/c1-9-15-11(13-2)17-12(16-9)14-8-10-6-4-3-5-7-10;1-8-13-10(12-2)16-11(14-8)15-9-6-4-3-5-7-9/h3-7H,8H2,1-2H3,(H2,13,14,15,16,17);3-7H,1-2H3,(H2,12,13,14,15,16). The smallest absolute Gasteiger partial charge is 0.232 e. The van der Waals surface area contributed by atoms with Crippen molar-refractivity contribution >= 4 is 29.5 Å². The number of nitrogens with one attached hydrogen (secondary N) is 4. The number of benzene rings is 2. The molecule has 0 fully saturated rings. The topological polar surface area (TPSA) is 125 Å². The fourth-order valence-corrected chi connectivity index (χ4v) is 2.75. The van der Waals surface area contributed by atoms with E-state index < -0.39 is 0 Å².